The maximum atomic E-state index is 13.7. The number of amides is 2. The van der Waals surface area contributed by atoms with E-state index in [0.29, 0.717) is 43.4 Å². The van der Waals surface area contributed by atoms with Gasteiger partial charge in [0.1, 0.15) is 11.2 Å². The summed E-state index contributed by atoms with van der Waals surface area (Å²) in [7, 11) is 0. The Morgan fingerprint density at radius 3 is 2.64 bits per heavy atom. The first-order chi connectivity index (χ1) is 15.8. The highest BCUT2D eigenvalue weighted by Gasteiger charge is 2.47. The zero-order valence-corrected chi connectivity index (χ0v) is 20.1. The van der Waals surface area contributed by atoms with Crippen molar-refractivity contribution in [1.82, 2.24) is 14.8 Å². The van der Waals surface area contributed by atoms with Crippen molar-refractivity contribution in [2.24, 2.45) is 0 Å². The van der Waals surface area contributed by atoms with E-state index >= 15 is 0 Å². The molecular weight excluding hydrogens is 438 g/mol. The van der Waals surface area contributed by atoms with E-state index < -0.39 is 5.54 Å². The third-order valence-electron chi connectivity index (χ3n) is 6.14. The van der Waals surface area contributed by atoms with Gasteiger partial charge in [0.2, 0.25) is 5.91 Å². The zero-order chi connectivity index (χ0) is 23.6. The fourth-order valence-electron chi connectivity index (χ4n) is 4.31. The second-order valence-electron chi connectivity index (χ2n) is 9.00. The Morgan fingerprint density at radius 1 is 1.18 bits per heavy atom. The number of carbonyl (C=O) groups is 2. The van der Waals surface area contributed by atoms with Crippen molar-refractivity contribution in [3.63, 3.8) is 0 Å². The second kappa shape index (κ2) is 9.57. The lowest BCUT2D eigenvalue weighted by Gasteiger charge is -2.44. The van der Waals surface area contributed by atoms with Crippen LogP contribution in [0.4, 0.5) is 0 Å². The Morgan fingerprint density at radius 2 is 1.91 bits per heavy atom. The summed E-state index contributed by atoms with van der Waals surface area (Å²) >= 11 is 6.05. The molecule has 7 heteroatoms. The third kappa shape index (κ3) is 4.77. The van der Waals surface area contributed by atoms with Crippen LogP contribution in [0.1, 0.15) is 43.2 Å². The minimum atomic E-state index is -1.05. The monoisotopic (exact) mass is 467 g/mol. The lowest BCUT2D eigenvalue weighted by atomic mass is 9.93. The first-order valence-electron chi connectivity index (χ1n) is 11.3. The first-order valence-corrected chi connectivity index (χ1v) is 11.7. The van der Waals surface area contributed by atoms with E-state index in [1.807, 2.05) is 67.8 Å². The van der Waals surface area contributed by atoms with Crippen LogP contribution in [0, 0.1) is 0 Å². The van der Waals surface area contributed by atoms with E-state index in [1.165, 1.54) is 0 Å². The molecule has 1 aliphatic heterocycles. The highest BCUT2D eigenvalue weighted by atomic mass is 35.5. The highest BCUT2D eigenvalue weighted by molar-refractivity contribution is 6.30. The molecule has 1 aliphatic rings. The summed E-state index contributed by atoms with van der Waals surface area (Å²) in [5.41, 5.74) is 1.42. The molecule has 1 aromatic heterocycles. The molecule has 0 saturated carbocycles. The normalized spacial score (nSPS) is 18.1. The topological polar surface area (TPSA) is 63.6 Å². The van der Waals surface area contributed by atoms with Gasteiger partial charge in [-0.15, -0.1) is 0 Å². The van der Waals surface area contributed by atoms with E-state index in [4.69, 9.17) is 16.3 Å². The number of nitrogens with one attached hydrogen (secondary N) is 1. The van der Waals surface area contributed by atoms with E-state index in [0.717, 1.165) is 16.5 Å². The number of rotatable bonds is 8. The smallest absolute Gasteiger partial charge is 0.271 e. The summed E-state index contributed by atoms with van der Waals surface area (Å²) in [6.45, 7) is 7.58. The number of para-hydroxylation sites is 1. The average molecular weight is 468 g/mol. The zero-order valence-electron chi connectivity index (χ0n) is 19.3. The molecule has 2 heterocycles. The van der Waals surface area contributed by atoms with Gasteiger partial charge in [0.25, 0.3) is 5.91 Å². The van der Waals surface area contributed by atoms with Crippen LogP contribution in [0.15, 0.2) is 54.6 Å². The third-order valence-corrected chi connectivity index (χ3v) is 6.39. The molecular formula is C26H30ClN3O3. The number of hydrogen-bond donors (Lipinski definition) is 1. The molecule has 1 N–H and O–H groups in total. The van der Waals surface area contributed by atoms with Crippen LogP contribution in [0.2, 0.25) is 5.02 Å². The fourth-order valence-corrected chi connectivity index (χ4v) is 4.44. The van der Waals surface area contributed by atoms with Crippen LogP contribution in [0.3, 0.4) is 0 Å². The molecule has 33 heavy (non-hydrogen) atoms. The van der Waals surface area contributed by atoms with Gasteiger partial charge in [0.15, 0.2) is 0 Å². The first kappa shape index (κ1) is 23.3. The molecule has 0 unspecified atom stereocenters. The molecule has 174 valence electrons. The summed E-state index contributed by atoms with van der Waals surface area (Å²) in [6, 6.07) is 17.2. The standard InChI is InChI=1S/C26H30ClN3O3/c1-18(2)33-14-6-13-28-25(32)26(3)17-29-22-8-5-4-7-20(22)15-23(29)24(31)30(26)16-19-9-11-21(27)12-10-19/h4-5,7-12,15,18H,6,13-14,16-17H2,1-3H3,(H,28,32)/t26-/m0/s1. The van der Waals surface area contributed by atoms with Gasteiger partial charge < -0.3 is 19.5 Å². The maximum Gasteiger partial charge on any atom is 0.271 e. The Hall–Kier alpha value is -2.83. The minimum Gasteiger partial charge on any atom is -0.379 e. The number of aromatic nitrogens is 1. The summed E-state index contributed by atoms with van der Waals surface area (Å²) in [4.78, 5) is 28.9. The largest absolute Gasteiger partial charge is 0.379 e. The second-order valence-corrected chi connectivity index (χ2v) is 9.43. The van der Waals surface area contributed by atoms with Gasteiger partial charge >= 0.3 is 0 Å². The lowest BCUT2D eigenvalue weighted by Crippen LogP contribution is -2.63. The van der Waals surface area contributed by atoms with Gasteiger partial charge in [0.05, 0.1) is 12.6 Å². The van der Waals surface area contributed by atoms with Crippen LogP contribution >= 0.6 is 11.6 Å². The summed E-state index contributed by atoms with van der Waals surface area (Å²) in [5, 5.41) is 4.66. The van der Waals surface area contributed by atoms with Crippen molar-refractivity contribution >= 4 is 34.3 Å². The van der Waals surface area contributed by atoms with E-state index in [2.05, 4.69) is 5.32 Å². The quantitative estimate of drug-likeness (QED) is 0.491. The lowest BCUT2D eigenvalue weighted by molar-refractivity contribution is -0.133. The van der Waals surface area contributed by atoms with Gasteiger partial charge in [-0.3, -0.25) is 9.59 Å². The Labute approximate surface area is 199 Å². The van der Waals surface area contributed by atoms with Crippen molar-refractivity contribution in [2.45, 2.75) is 51.9 Å². The van der Waals surface area contributed by atoms with Gasteiger partial charge in [0, 0.05) is 35.6 Å². The van der Waals surface area contributed by atoms with Crippen molar-refractivity contribution in [3.8, 4) is 0 Å². The molecule has 0 spiro atoms. The van der Waals surface area contributed by atoms with Crippen LogP contribution in [0.25, 0.3) is 10.9 Å². The van der Waals surface area contributed by atoms with Gasteiger partial charge in [-0.05, 0) is 57.0 Å². The van der Waals surface area contributed by atoms with E-state index in [1.54, 1.807) is 17.0 Å². The number of halogens is 1. The maximum absolute atomic E-state index is 13.7. The average Bonchev–Trinajstić information content (AvgIpc) is 3.16. The van der Waals surface area contributed by atoms with Crippen LogP contribution in [0.5, 0.6) is 0 Å². The molecule has 0 bridgehead atoms. The molecule has 0 radical (unpaired) electrons. The van der Waals surface area contributed by atoms with Gasteiger partial charge in [-0.25, -0.2) is 0 Å². The molecule has 6 nitrogen and oxygen atoms in total. The predicted molar refractivity (Wildman–Crippen MR) is 130 cm³/mol. The molecule has 0 fully saturated rings. The van der Waals surface area contributed by atoms with E-state index in [9.17, 15) is 9.59 Å². The molecule has 0 aliphatic carbocycles. The highest BCUT2D eigenvalue weighted by Crippen LogP contribution is 2.33. The van der Waals surface area contributed by atoms with Crippen molar-refractivity contribution in [2.75, 3.05) is 13.2 Å². The van der Waals surface area contributed by atoms with E-state index in [-0.39, 0.29) is 17.9 Å². The summed E-state index contributed by atoms with van der Waals surface area (Å²) in [6.07, 6.45) is 0.868. The van der Waals surface area contributed by atoms with Crippen molar-refractivity contribution in [3.05, 3.63) is 70.9 Å². The summed E-state index contributed by atoms with van der Waals surface area (Å²) in [5.74, 6) is -0.328. The van der Waals surface area contributed by atoms with Gasteiger partial charge in [-0.2, -0.15) is 0 Å². The van der Waals surface area contributed by atoms with Crippen LogP contribution in [-0.4, -0.2) is 46.1 Å². The number of ether oxygens (including phenoxy) is 1. The molecule has 4 rings (SSSR count). The Kier molecular flexibility index (Phi) is 6.77. The van der Waals surface area contributed by atoms with Crippen molar-refractivity contribution < 1.29 is 14.3 Å². The molecule has 2 aromatic carbocycles. The molecule has 3 aromatic rings. The number of benzene rings is 2. The molecule has 2 amide bonds. The number of carbonyl (C=O) groups excluding carboxylic acids is 2. The summed E-state index contributed by atoms with van der Waals surface area (Å²) < 4.78 is 7.54. The fraction of sp³-hybridized carbons (Fsp3) is 0.385. The van der Waals surface area contributed by atoms with Crippen LogP contribution < -0.4 is 5.32 Å². The molecule has 1 atom stereocenters. The number of fused-ring (bicyclic) bond motifs is 3. The SMILES string of the molecule is CC(C)OCCCNC(=O)[C@]1(C)Cn2c(cc3ccccc32)C(=O)N1Cc1ccc(Cl)cc1. The number of hydrogen-bond acceptors (Lipinski definition) is 3. The Balaban J connectivity index is 1.64. The Bertz CT molecular complexity index is 1160. The number of nitrogens with zero attached hydrogens (tertiary/aromatic N) is 2. The predicted octanol–water partition coefficient (Wildman–Crippen LogP) is 4.64. The van der Waals surface area contributed by atoms with Crippen LogP contribution in [-0.2, 0) is 22.6 Å². The van der Waals surface area contributed by atoms with Crippen molar-refractivity contribution in [1.29, 1.82) is 0 Å². The molecule has 0 saturated heterocycles. The van der Waals surface area contributed by atoms with Gasteiger partial charge in [-0.1, -0.05) is 41.9 Å². The minimum absolute atomic E-state index is 0.157.